The predicted molar refractivity (Wildman–Crippen MR) is 84.9 cm³/mol. The summed E-state index contributed by atoms with van der Waals surface area (Å²) in [7, 11) is 0. The molecule has 0 aromatic carbocycles. The molecule has 1 unspecified atom stereocenters. The van der Waals surface area contributed by atoms with Crippen LogP contribution in [0.3, 0.4) is 0 Å². The second kappa shape index (κ2) is 6.06. The Bertz CT molecular complexity index is 660. The number of hydrogen-bond acceptors (Lipinski definition) is 3. The molecule has 1 saturated carbocycles. The van der Waals surface area contributed by atoms with Gasteiger partial charge >= 0.3 is 6.03 Å². The zero-order chi connectivity index (χ0) is 15.6. The molecule has 23 heavy (non-hydrogen) atoms. The fourth-order valence-corrected chi connectivity index (χ4v) is 3.23. The molecule has 0 radical (unpaired) electrons. The summed E-state index contributed by atoms with van der Waals surface area (Å²) in [5.74, 6) is 1.91. The summed E-state index contributed by atoms with van der Waals surface area (Å²) in [6.45, 7) is 2.02. The average Bonchev–Trinajstić information content (AvgIpc) is 3.11. The number of imidazole rings is 1. The van der Waals surface area contributed by atoms with E-state index < -0.39 is 0 Å². The smallest absolute Gasteiger partial charge is 0.317 e. The Labute approximate surface area is 134 Å². The third kappa shape index (κ3) is 3.23. The maximum atomic E-state index is 12.4. The molecule has 1 aliphatic heterocycles. The molecule has 4 rings (SSSR count). The van der Waals surface area contributed by atoms with Crippen LogP contribution >= 0.6 is 0 Å². The van der Waals surface area contributed by atoms with Crippen molar-refractivity contribution in [2.24, 2.45) is 0 Å². The first kappa shape index (κ1) is 14.3. The molecule has 1 aliphatic carbocycles. The maximum Gasteiger partial charge on any atom is 0.317 e. The van der Waals surface area contributed by atoms with Crippen LogP contribution in [0.5, 0.6) is 0 Å². The topological polar surface area (TPSA) is 89.7 Å². The first-order valence-electron chi connectivity index (χ1n) is 8.36. The molecule has 1 saturated heterocycles. The van der Waals surface area contributed by atoms with Crippen molar-refractivity contribution in [1.82, 2.24) is 30.4 Å². The summed E-state index contributed by atoms with van der Waals surface area (Å²) in [6.07, 6.45) is 8.16. The van der Waals surface area contributed by atoms with Crippen molar-refractivity contribution < 1.29 is 4.79 Å². The van der Waals surface area contributed by atoms with E-state index in [0.29, 0.717) is 18.4 Å². The zero-order valence-electron chi connectivity index (χ0n) is 13.1. The van der Waals surface area contributed by atoms with Crippen molar-refractivity contribution in [1.29, 1.82) is 0 Å². The van der Waals surface area contributed by atoms with Crippen LogP contribution in [0.2, 0.25) is 0 Å². The number of aromatic nitrogens is 4. The van der Waals surface area contributed by atoms with Crippen LogP contribution in [0.25, 0.3) is 0 Å². The molecule has 2 aromatic rings. The van der Waals surface area contributed by atoms with Gasteiger partial charge in [-0.25, -0.2) is 9.78 Å². The number of amides is 2. The molecule has 2 aliphatic rings. The van der Waals surface area contributed by atoms with Gasteiger partial charge in [-0.2, -0.15) is 5.10 Å². The summed E-state index contributed by atoms with van der Waals surface area (Å²) < 4.78 is 0. The lowest BCUT2D eigenvalue weighted by Gasteiger charge is -2.31. The van der Waals surface area contributed by atoms with Gasteiger partial charge in [-0.1, -0.05) is 0 Å². The number of nitrogens with one attached hydrogen (secondary N) is 3. The summed E-state index contributed by atoms with van der Waals surface area (Å²) in [4.78, 5) is 21.8. The minimum atomic E-state index is -0.0103. The SMILES string of the molecule is O=C(NCc1cc(C2CC2)n[nH]1)N1CCCC(c2ncc[nH]2)C1. The first-order chi connectivity index (χ1) is 11.3. The monoisotopic (exact) mass is 314 g/mol. The fourth-order valence-electron chi connectivity index (χ4n) is 3.23. The molecule has 3 heterocycles. The highest BCUT2D eigenvalue weighted by Crippen LogP contribution is 2.38. The summed E-state index contributed by atoms with van der Waals surface area (Å²) in [5, 5.41) is 10.3. The normalized spacial score (nSPS) is 21.4. The van der Waals surface area contributed by atoms with E-state index in [1.54, 1.807) is 6.20 Å². The van der Waals surface area contributed by atoms with Crippen molar-refractivity contribution in [3.05, 3.63) is 35.7 Å². The summed E-state index contributed by atoms with van der Waals surface area (Å²) in [6, 6.07) is 2.06. The number of carbonyl (C=O) groups is 1. The van der Waals surface area contributed by atoms with Gasteiger partial charge in [-0.3, -0.25) is 5.10 Å². The number of H-pyrrole nitrogens is 2. The van der Waals surface area contributed by atoms with E-state index >= 15 is 0 Å². The Morgan fingerprint density at radius 3 is 3.04 bits per heavy atom. The molecule has 122 valence electrons. The van der Waals surface area contributed by atoms with Crippen LogP contribution in [-0.4, -0.2) is 44.2 Å². The number of carbonyl (C=O) groups excluding carboxylic acids is 1. The Kier molecular flexibility index (Phi) is 3.77. The second-order valence-electron chi connectivity index (χ2n) is 6.51. The minimum absolute atomic E-state index is 0.0103. The number of piperidine rings is 1. The van der Waals surface area contributed by atoms with Gasteiger partial charge in [-0.05, 0) is 31.7 Å². The summed E-state index contributed by atoms with van der Waals surface area (Å²) in [5.41, 5.74) is 2.10. The van der Waals surface area contributed by atoms with E-state index in [0.717, 1.165) is 43.1 Å². The van der Waals surface area contributed by atoms with E-state index in [2.05, 4.69) is 31.5 Å². The van der Waals surface area contributed by atoms with Crippen molar-refractivity contribution in [3.63, 3.8) is 0 Å². The molecule has 2 amide bonds. The Morgan fingerprint density at radius 1 is 1.35 bits per heavy atom. The third-order valence-electron chi connectivity index (χ3n) is 4.69. The lowest BCUT2D eigenvalue weighted by atomic mass is 9.98. The molecule has 2 aromatic heterocycles. The Balaban J connectivity index is 1.31. The molecule has 3 N–H and O–H groups in total. The molecule has 7 heteroatoms. The number of nitrogens with zero attached hydrogens (tertiary/aromatic N) is 3. The van der Waals surface area contributed by atoms with Gasteiger partial charge in [0.2, 0.25) is 0 Å². The van der Waals surface area contributed by atoms with Crippen molar-refractivity contribution in [2.75, 3.05) is 13.1 Å². The van der Waals surface area contributed by atoms with Crippen molar-refractivity contribution in [2.45, 2.75) is 44.1 Å². The third-order valence-corrected chi connectivity index (χ3v) is 4.69. The lowest BCUT2D eigenvalue weighted by molar-refractivity contribution is 0.178. The standard InChI is InChI=1S/C16H22N6O/c23-16(19-9-13-8-14(21-20-13)11-3-4-11)22-7-1-2-12(10-22)15-17-5-6-18-15/h5-6,8,11-12H,1-4,7,9-10H2,(H,17,18)(H,19,23)(H,20,21). The highest BCUT2D eigenvalue weighted by atomic mass is 16.2. The maximum absolute atomic E-state index is 12.4. The number of urea groups is 1. The summed E-state index contributed by atoms with van der Waals surface area (Å²) >= 11 is 0. The molecule has 1 atom stereocenters. The van der Waals surface area contributed by atoms with E-state index in [4.69, 9.17) is 0 Å². The largest absolute Gasteiger partial charge is 0.348 e. The van der Waals surface area contributed by atoms with Gasteiger partial charge in [0.1, 0.15) is 5.82 Å². The zero-order valence-corrected chi connectivity index (χ0v) is 13.1. The van der Waals surface area contributed by atoms with Gasteiger partial charge in [0, 0.05) is 37.3 Å². The van der Waals surface area contributed by atoms with E-state index in [1.165, 1.54) is 12.8 Å². The molecule has 7 nitrogen and oxygen atoms in total. The average molecular weight is 314 g/mol. The van der Waals surface area contributed by atoms with Crippen LogP contribution in [0.4, 0.5) is 4.79 Å². The predicted octanol–water partition coefficient (Wildman–Crippen LogP) is 2.10. The van der Waals surface area contributed by atoms with Crippen LogP contribution in [0, 0.1) is 0 Å². The molecule has 2 fully saturated rings. The number of likely N-dealkylation sites (tertiary alicyclic amines) is 1. The quantitative estimate of drug-likeness (QED) is 0.807. The molecule has 0 bridgehead atoms. The molecular formula is C16H22N6O. The Morgan fingerprint density at radius 2 is 2.26 bits per heavy atom. The van der Waals surface area contributed by atoms with E-state index in [9.17, 15) is 4.79 Å². The van der Waals surface area contributed by atoms with Crippen LogP contribution in [0.15, 0.2) is 18.5 Å². The number of hydrogen-bond donors (Lipinski definition) is 3. The van der Waals surface area contributed by atoms with Crippen molar-refractivity contribution in [3.8, 4) is 0 Å². The minimum Gasteiger partial charge on any atom is -0.348 e. The highest BCUT2D eigenvalue weighted by molar-refractivity contribution is 5.74. The second-order valence-corrected chi connectivity index (χ2v) is 6.51. The highest BCUT2D eigenvalue weighted by Gasteiger charge is 2.27. The van der Waals surface area contributed by atoms with Crippen LogP contribution < -0.4 is 5.32 Å². The van der Waals surface area contributed by atoms with Gasteiger partial charge < -0.3 is 15.2 Å². The van der Waals surface area contributed by atoms with Gasteiger partial charge in [0.25, 0.3) is 0 Å². The van der Waals surface area contributed by atoms with E-state index in [1.807, 2.05) is 11.1 Å². The van der Waals surface area contributed by atoms with Gasteiger partial charge in [0.15, 0.2) is 0 Å². The molecule has 0 spiro atoms. The van der Waals surface area contributed by atoms with Gasteiger partial charge in [-0.15, -0.1) is 0 Å². The fraction of sp³-hybridized carbons (Fsp3) is 0.562. The van der Waals surface area contributed by atoms with E-state index in [-0.39, 0.29) is 6.03 Å². The van der Waals surface area contributed by atoms with Crippen LogP contribution in [-0.2, 0) is 6.54 Å². The van der Waals surface area contributed by atoms with Crippen molar-refractivity contribution >= 4 is 6.03 Å². The number of aromatic amines is 2. The lowest BCUT2D eigenvalue weighted by Crippen LogP contribution is -2.44. The van der Waals surface area contributed by atoms with Gasteiger partial charge in [0.05, 0.1) is 17.9 Å². The number of rotatable bonds is 4. The first-order valence-corrected chi connectivity index (χ1v) is 8.36. The van der Waals surface area contributed by atoms with Crippen LogP contribution in [0.1, 0.15) is 54.7 Å². The Hall–Kier alpha value is -2.31. The molecular weight excluding hydrogens is 292 g/mol.